The second kappa shape index (κ2) is 6.03. The largest absolute Gasteiger partial charge is 0.494 e. The molecule has 3 heteroatoms. The van der Waals surface area contributed by atoms with Crippen molar-refractivity contribution in [3.8, 4) is 39.6 Å². The first-order chi connectivity index (χ1) is 12.9. The first-order valence-corrected chi connectivity index (χ1v) is 9.17. The number of benzene rings is 2. The van der Waals surface area contributed by atoms with E-state index in [2.05, 4.69) is 59.9 Å². The Bertz CT molecular complexity index is 1090. The summed E-state index contributed by atoms with van der Waals surface area (Å²) in [5.41, 5.74) is 6.72. The minimum atomic E-state index is 0.762. The van der Waals surface area contributed by atoms with Gasteiger partial charge in [-0.3, -0.25) is 0 Å². The average Bonchev–Trinajstić information content (AvgIpc) is 3.24. The molecular weight excluding hydrogens is 322 g/mol. The summed E-state index contributed by atoms with van der Waals surface area (Å²) in [7, 11) is 0. The van der Waals surface area contributed by atoms with Crippen LogP contribution in [-0.4, -0.2) is 6.61 Å². The van der Waals surface area contributed by atoms with Gasteiger partial charge in [-0.25, -0.2) is 0 Å². The highest BCUT2D eigenvalue weighted by Gasteiger charge is 2.36. The lowest BCUT2D eigenvalue weighted by Gasteiger charge is -2.05. The molecule has 0 N–H and O–H groups in total. The van der Waals surface area contributed by atoms with Crippen molar-refractivity contribution in [3.05, 3.63) is 66.7 Å². The number of fused-ring (bicyclic) bond motifs is 3. The molecule has 0 amide bonds. The Morgan fingerprint density at radius 2 is 1.69 bits per heavy atom. The van der Waals surface area contributed by atoms with Gasteiger partial charge in [-0.2, -0.15) is 0 Å². The van der Waals surface area contributed by atoms with E-state index in [0.29, 0.717) is 0 Å². The van der Waals surface area contributed by atoms with Gasteiger partial charge in [0.05, 0.1) is 23.8 Å². The van der Waals surface area contributed by atoms with E-state index >= 15 is 0 Å². The molecule has 0 fully saturated rings. The first kappa shape index (κ1) is 15.2. The number of ether oxygens (including phenoxy) is 1. The van der Waals surface area contributed by atoms with Crippen molar-refractivity contribution in [1.29, 1.82) is 0 Å². The fourth-order valence-electron chi connectivity index (χ4n) is 3.65. The second-order valence-corrected chi connectivity index (χ2v) is 6.64. The summed E-state index contributed by atoms with van der Waals surface area (Å²) in [5, 5.41) is 0. The lowest BCUT2D eigenvalue weighted by atomic mass is 10.0. The molecule has 0 saturated heterocycles. The van der Waals surface area contributed by atoms with Gasteiger partial charge in [0.15, 0.2) is 0 Å². The van der Waals surface area contributed by atoms with Crippen molar-refractivity contribution in [3.63, 3.8) is 0 Å². The third-order valence-corrected chi connectivity index (χ3v) is 4.94. The van der Waals surface area contributed by atoms with E-state index in [4.69, 9.17) is 9.15 Å². The highest BCUT2D eigenvalue weighted by atomic mass is 16.5. The molecular formula is C23H20NO2+. The molecule has 0 aliphatic carbocycles. The summed E-state index contributed by atoms with van der Waals surface area (Å²) in [4.78, 5) is 0. The fourth-order valence-corrected chi connectivity index (χ4v) is 3.65. The summed E-state index contributed by atoms with van der Waals surface area (Å²) >= 11 is 0. The van der Waals surface area contributed by atoms with Gasteiger partial charge in [0, 0.05) is 11.6 Å². The molecule has 26 heavy (non-hydrogen) atoms. The molecule has 128 valence electrons. The summed E-state index contributed by atoms with van der Waals surface area (Å²) < 4.78 is 14.2. The molecule has 3 heterocycles. The molecule has 1 aliphatic rings. The fraction of sp³-hybridized carbons (Fsp3) is 0.174. The quantitative estimate of drug-likeness (QED) is 0.311. The zero-order valence-corrected chi connectivity index (χ0v) is 14.7. The third-order valence-electron chi connectivity index (χ3n) is 4.94. The van der Waals surface area contributed by atoms with E-state index in [9.17, 15) is 0 Å². The Morgan fingerprint density at radius 3 is 2.50 bits per heavy atom. The van der Waals surface area contributed by atoms with E-state index < -0.39 is 0 Å². The zero-order chi connectivity index (χ0) is 17.5. The van der Waals surface area contributed by atoms with Crippen LogP contribution in [0.4, 0.5) is 0 Å². The number of unbranched alkanes of at least 4 members (excludes halogenated alkanes) is 1. The molecule has 0 unspecified atom stereocenters. The van der Waals surface area contributed by atoms with Crippen LogP contribution in [0.1, 0.15) is 19.8 Å². The SMILES string of the molecule is CCCCOc1ccc(-c2oc3cccc4[n+]3c2-c2ccccc2-4)cc1. The van der Waals surface area contributed by atoms with E-state index in [-0.39, 0.29) is 0 Å². The maximum absolute atomic E-state index is 6.23. The molecule has 0 atom stereocenters. The van der Waals surface area contributed by atoms with E-state index in [0.717, 1.165) is 47.9 Å². The summed E-state index contributed by atoms with van der Waals surface area (Å²) in [6.07, 6.45) is 2.21. The van der Waals surface area contributed by atoms with Crippen molar-refractivity contribution >= 4 is 5.71 Å². The second-order valence-electron chi connectivity index (χ2n) is 6.64. The van der Waals surface area contributed by atoms with Crippen LogP contribution in [0.15, 0.2) is 71.1 Å². The number of rotatable bonds is 5. The van der Waals surface area contributed by atoms with Crippen LogP contribution in [0.25, 0.3) is 39.6 Å². The van der Waals surface area contributed by atoms with E-state index in [1.54, 1.807) is 0 Å². The zero-order valence-electron chi connectivity index (χ0n) is 14.7. The molecule has 0 radical (unpaired) electrons. The predicted molar refractivity (Wildman–Crippen MR) is 102 cm³/mol. The van der Waals surface area contributed by atoms with E-state index in [1.807, 2.05) is 18.2 Å². The molecule has 1 aliphatic heterocycles. The highest BCUT2D eigenvalue weighted by Crippen LogP contribution is 2.41. The summed E-state index contributed by atoms with van der Waals surface area (Å²) in [5.74, 6) is 1.81. The van der Waals surface area contributed by atoms with Crippen LogP contribution in [0, 0.1) is 0 Å². The Hall–Kier alpha value is -3.07. The van der Waals surface area contributed by atoms with Crippen LogP contribution < -0.4 is 9.14 Å². The van der Waals surface area contributed by atoms with Crippen molar-refractivity contribution in [2.45, 2.75) is 19.8 Å². The summed E-state index contributed by atoms with van der Waals surface area (Å²) in [6, 6.07) is 22.9. The van der Waals surface area contributed by atoms with Crippen LogP contribution in [0.3, 0.4) is 0 Å². The lowest BCUT2D eigenvalue weighted by molar-refractivity contribution is -0.485. The van der Waals surface area contributed by atoms with Crippen LogP contribution in [0.5, 0.6) is 5.75 Å². The Balaban J connectivity index is 1.61. The van der Waals surface area contributed by atoms with Gasteiger partial charge >= 0.3 is 5.71 Å². The minimum Gasteiger partial charge on any atom is -0.494 e. The Morgan fingerprint density at radius 1 is 0.885 bits per heavy atom. The molecule has 0 bridgehead atoms. The van der Waals surface area contributed by atoms with Crippen LogP contribution >= 0.6 is 0 Å². The topological polar surface area (TPSA) is 26.5 Å². The maximum atomic E-state index is 6.23. The van der Waals surface area contributed by atoms with Gasteiger partial charge in [0.1, 0.15) is 5.75 Å². The van der Waals surface area contributed by atoms with Crippen molar-refractivity contribution < 1.29 is 13.6 Å². The predicted octanol–water partition coefficient (Wildman–Crippen LogP) is 5.51. The number of pyridine rings is 1. The smallest absolute Gasteiger partial charge is 0.380 e. The Labute approximate surface area is 152 Å². The van der Waals surface area contributed by atoms with Crippen LogP contribution in [0.2, 0.25) is 0 Å². The van der Waals surface area contributed by atoms with Gasteiger partial charge in [-0.15, -0.1) is 4.40 Å². The third kappa shape index (κ3) is 2.24. The normalized spacial score (nSPS) is 11.7. The number of aromatic nitrogens is 1. The average molecular weight is 342 g/mol. The molecule has 0 spiro atoms. The molecule has 2 aromatic heterocycles. The molecule has 2 aromatic carbocycles. The van der Waals surface area contributed by atoms with Gasteiger partial charge in [-0.1, -0.05) is 25.5 Å². The number of hydrogen-bond acceptors (Lipinski definition) is 2. The molecule has 5 rings (SSSR count). The number of nitrogens with zero attached hydrogens (tertiary/aromatic N) is 1. The van der Waals surface area contributed by atoms with E-state index in [1.165, 1.54) is 16.8 Å². The van der Waals surface area contributed by atoms with Crippen LogP contribution in [-0.2, 0) is 0 Å². The summed E-state index contributed by atoms with van der Waals surface area (Å²) in [6.45, 7) is 2.93. The van der Waals surface area contributed by atoms with Gasteiger partial charge < -0.3 is 9.15 Å². The van der Waals surface area contributed by atoms with Gasteiger partial charge in [0.2, 0.25) is 11.5 Å². The maximum Gasteiger partial charge on any atom is 0.380 e. The molecule has 4 aromatic rings. The van der Waals surface area contributed by atoms with Crippen molar-refractivity contribution in [1.82, 2.24) is 0 Å². The minimum absolute atomic E-state index is 0.762. The molecule has 3 nitrogen and oxygen atoms in total. The van der Waals surface area contributed by atoms with Gasteiger partial charge in [-0.05, 0) is 48.9 Å². The Kier molecular flexibility index (Phi) is 3.52. The lowest BCUT2D eigenvalue weighted by Crippen LogP contribution is -2.20. The standard InChI is InChI=1S/C23H20NO2/c1-2-3-15-25-17-13-11-16(12-14-17)23-22-19-8-5-4-7-18(19)20-9-6-10-21(26-23)24(20)22/h4-14H,2-3,15H2,1H3/q+1. The molecule has 0 saturated carbocycles. The monoisotopic (exact) mass is 342 g/mol. The number of oxazole rings is 1. The van der Waals surface area contributed by atoms with Gasteiger partial charge in [0.25, 0.3) is 5.69 Å². The highest BCUT2D eigenvalue weighted by molar-refractivity contribution is 5.88. The first-order valence-electron chi connectivity index (χ1n) is 9.17. The van der Waals surface area contributed by atoms with Crippen molar-refractivity contribution in [2.75, 3.05) is 6.61 Å². The number of hydrogen-bond donors (Lipinski definition) is 0. The van der Waals surface area contributed by atoms with Crippen molar-refractivity contribution in [2.24, 2.45) is 0 Å².